The van der Waals surface area contributed by atoms with Gasteiger partial charge in [0.15, 0.2) is 0 Å². The van der Waals surface area contributed by atoms with E-state index in [0.29, 0.717) is 5.69 Å². The molecule has 0 radical (unpaired) electrons. The Morgan fingerprint density at radius 3 is 2.50 bits per heavy atom. The molecule has 0 bridgehead atoms. The Morgan fingerprint density at radius 1 is 1.20 bits per heavy atom. The predicted octanol–water partition coefficient (Wildman–Crippen LogP) is 3.44. The Balaban J connectivity index is 2.41. The molecule has 1 heterocycles. The van der Waals surface area contributed by atoms with Crippen LogP contribution >= 0.6 is 11.8 Å². The third kappa shape index (κ3) is 3.11. The van der Waals surface area contributed by atoms with Gasteiger partial charge in [0, 0.05) is 16.3 Å². The van der Waals surface area contributed by atoms with Gasteiger partial charge in [0.1, 0.15) is 5.03 Å². The Labute approximate surface area is 122 Å². The number of nitrogens with two attached hydrogens (primary N) is 1. The number of carbonyl (C=O) groups is 1. The number of carboxylic acid groups (broad SMARTS) is 1. The van der Waals surface area contributed by atoms with E-state index in [1.807, 2.05) is 32.0 Å². The second kappa shape index (κ2) is 5.54. The first-order valence-corrected chi connectivity index (χ1v) is 6.95. The van der Waals surface area contributed by atoms with Gasteiger partial charge in [-0.15, -0.1) is 0 Å². The van der Waals surface area contributed by atoms with Crippen LogP contribution in [0.2, 0.25) is 0 Å². The summed E-state index contributed by atoms with van der Waals surface area (Å²) in [5.41, 5.74) is 9.07. The van der Waals surface area contributed by atoms with Crippen molar-refractivity contribution in [1.29, 1.82) is 0 Å². The van der Waals surface area contributed by atoms with Gasteiger partial charge in [0.05, 0.1) is 5.56 Å². The van der Waals surface area contributed by atoms with Crippen molar-refractivity contribution >= 4 is 23.4 Å². The average Bonchev–Trinajstić information content (AvgIpc) is 2.31. The van der Waals surface area contributed by atoms with Gasteiger partial charge in [-0.3, -0.25) is 0 Å². The lowest BCUT2D eigenvalue weighted by Gasteiger charge is -2.09. The van der Waals surface area contributed by atoms with Crippen LogP contribution in [-0.2, 0) is 0 Å². The molecule has 4 nitrogen and oxygen atoms in total. The van der Waals surface area contributed by atoms with E-state index in [-0.39, 0.29) is 5.56 Å². The number of hydrogen-bond donors (Lipinski definition) is 2. The van der Waals surface area contributed by atoms with E-state index in [2.05, 4.69) is 4.98 Å². The minimum Gasteiger partial charge on any atom is -0.478 e. The van der Waals surface area contributed by atoms with Crippen molar-refractivity contribution in [3.05, 3.63) is 46.6 Å². The smallest absolute Gasteiger partial charge is 0.337 e. The van der Waals surface area contributed by atoms with Crippen molar-refractivity contribution in [2.24, 2.45) is 0 Å². The maximum Gasteiger partial charge on any atom is 0.337 e. The van der Waals surface area contributed by atoms with E-state index in [0.717, 1.165) is 26.7 Å². The van der Waals surface area contributed by atoms with Crippen molar-refractivity contribution < 1.29 is 9.90 Å². The molecule has 0 fully saturated rings. The highest BCUT2D eigenvalue weighted by Crippen LogP contribution is 2.31. The summed E-state index contributed by atoms with van der Waals surface area (Å²) in [6.07, 6.45) is 0. The van der Waals surface area contributed by atoms with Crippen LogP contribution in [0.4, 0.5) is 5.69 Å². The average molecular weight is 288 g/mol. The number of rotatable bonds is 3. The molecule has 0 saturated carbocycles. The van der Waals surface area contributed by atoms with Crippen LogP contribution in [0.5, 0.6) is 0 Å². The minimum atomic E-state index is -1.01. The number of anilines is 1. The Kier molecular flexibility index (Phi) is 3.99. The van der Waals surface area contributed by atoms with Crippen molar-refractivity contribution in [2.45, 2.75) is 30.7 Å². The van der Waals surface area contributed by atoms with E-state index in [1.165, 1.54) is 11.8 Å². The number of nitrogen functional groups attached to an aromatic ring is 1. The van der Waals surface area contributed by atoms with E-state index >= 15 is 0 Å². The lowest BCUT2D eigenvalue weighted by atomic mass is 10.1. The molecular formula is C15H16N2O2S. The summed E-state index contributed by atoms with van der Waals surface area (Å²) in [4.78, 5) is 16.4. The molecule has 20 heavy (non-hydrogen) atoms. The molecule has 2 aromatic rings. The molecule has 5 heteroatoms. The van der Waals surface area contributed by atoms with Gasteiger partial charge in [-0.1, -0.05) is 11.8 Å². The van der Waals surface area contributed by atoms with Crippen LogP contribution in [0, 0.1) is 20.8 Å². The number of carboxylic acids is 1. The second-order valence-corrected chi connectivity index (χ2v) is 5.83. The molecule has 0 amide bonds. The molecule has 104 valence electrons. The summed E-state index contributed by atoms with van der Waals surface area (Å²) >= 11 is 1.44. The van der Waals surface area contributed by atoms with Crippen LogP contribution in [0.15, 0.2) is 34.2 Å². The lowest BCUT2D eigenvalue weighted by molar-refractivity contribution is 0.0697. The first-order chi connectivity index (χ1) is 9.36. The monoisotopic (exact) mass is 288 g/mol. The summed E-state index contributed by atoms with van der Waals surface area (Å²) in [5, 5.41) is 10.0. The number of aryl methyl sites for hydroxylation is 3. The lowest BCUT2D eigenvalue weighted by Crippen LogP contribution is -2.04. The quantitative estimate of drug-likeness (QED) is 0.846. The summed E-state index contributed by atoms with van der Waals surface area (Å²) < 4.78 is 0. The van der Waals surface area contributed by atoms with Gasteiger partial charge in [0.25, 0.3) is 0 Å². The highest BCUT2D eigenvalue weighted by atomic mass is 32.2. The van der Waals surface area contributed by atoms with Crippen LogP contribution in [0.3, 0.4) is 0 Å². The van der Waals surface area contributed by atoms with Gasteiger partial charge in [-0.05, 0) is 56.2 Å². The molecule has 0 atom stereocenters. The molecule has 0 aliphatic heterocycles. The molecule has 1 aromatic heterocycles. The number of nitrogens with zero attached hydrogens (tertiary/aromatic N) is 1. The zero-order valence-electron chi connectivity index (χ0n) is 11.6. The zero-order valence-corrected chi connectivity index (χ0v) is 12.4. The van der Waals surface area contributed by atoms with Crippen molar-refractivity contribution in [2.75, 3.05) is 5.73 Å². The minimum absolute atomic E-state index is 0.136. The molecule has 0 aliphatic rings. The standard InChI is InChI=1S/C15H16N2O2S/c1-8-4-10(3)17-13(5-8)20-11-6-9(2)14(16)12(7-11)15(18)19/h4-7H,16H2,1-3H3,(H,18,19). The number of hydrogen-bond acceptors (Lipinski definition) is 4. The van der Waals surface area contributed by atoms with E-state index in [4.69, 9.17) is 10.8 Å². The normalized spacial score (nSPS) is 10.6. The number of pyridine rings is 1. The first-order valence-electron chi connectivity index (χ1n) is 6.13. The molecule has 2 rings (SSSR count). The summed E-state index contributed by atoms with van der Waals surface area (Å²) in [7, 11) is 0. The topological polar surface area (TPSA) is 76.2 Å². The molecule has 0 spiro atoms. The zero-order chi connectivity index (χ0) is 14.9. The third-order valence-corrected chi connectivity index (χ3v) is 3.78. The van der Waals surface area contributed by atoms with Crippen LogP contribution in [0.25, 0.3) is 0 Å². The SMILES string of the molecule is Cc1cc(C)nc(Sc2cc(C)c(N)c(C(=O)O)c2)c1. The highest BCUT2D eigenvalue weighted by molar-refractivity contribution is 7.99. The number of aromatic carboxylic acids is 1. The molecule has 1 aromatic carbocycles. The third-order valence-electron chi connectivity index (χ3n) is 2.89. The maximum atomic E-state index is 11.2. The van der Waals surface area contributed by atoms with Crippen molar-refractivity contribution in [1.82, 2.24) is 4.98 Å². The maximum absolute atomic E-state index is 11.2. The van der Waals surface area contributed by atoms with Gasteiger partial charge in [-0.2, -0.15) is 0 Å². The molecule has 3 N–H and O–H groups in total. The van der Waals surface area contributed by atoms with Gasteiger partial charge >= 0.3 is 5.97 Å². The van der Waals surface area contributed by atoms with Gasteiger partial charge < -0.3 is 10.8 Å². The molecule has 0 aliphatic carbocycles. The highest BCUT2D eigenvalue weighted by Gasteiger charge is 2.12. The Bertz CT molecular complexity index is 664. The molecular weight excluding hydrogens is 272 g/mol. The molecule has 0 unspecified atom stereocenters. The first kappa shape index (κ1) is 14.4. The summed E-state index contributed by atoms with van der Waals surface area (Å²) in [5.74, 6) is -1.01. The van der Waals surface area contributed by atoms with E-state index in [9.17, 15) is 4.79 Å². The van der Waals surface area contributed by atoms with E-state index in [1.54, 1.807) is 13.0 Å². The van der Waals surface area contributed by atoms with Crippen LogP contribution < -0.4 is 5.73 Å². The fourth-order valence-electron chi connectivity index (χ4n) is 1.98. The van der Waals surface area contributed by atoms with Crippen molar-refractivity contribution in [3.63, 3.8) is 0 Å². The summed E-state index contributed by atoms with van der Waals surface area (Å²) in [6, 6.07) is 7.45. The Hall–Kier alpha value is -2.01. The second-order valence-electron chi connectivity index (χ2n) is 4.73. The van der Waals surface area contributed by atoms with E-state index < -0.39 is 5.97 Å². The van der Waals surface area contributed by atoms with Crippen molar-refractivity contribution in [3.8, 4) is 0 Å². The van der Waals surface area contributed by atoms with Crippen LogP contribution in [-0.4, -0.2) is 16.1 Å². The largest absolute Gasteiger partial charge is 0.478 e. The predicted molar refractivity (Wildman–Crippen MR) is 80.4 cm³/mol. The fraction of sp³-hybridized carbons (Fsp3) is 0.200. The fourth-order valence-corrected chi connectivity index (χ4v) is 3.07. The van der Waals surface area contributed by atoms with Gasteiger partial charge in [-0.25, -0.2) is 9.78 Å². The van der Waals surface area contributed by atoms with Gasteiger partial charge in [0.2, 0.25) is 0 Å². The number of aromatic nitrogens is 1. The number of benzene rings is 1. The molecule has 0 saturated heterocycles. The summed E-state index contributed by atoms with van der Waals surface area (Å²) in [6.45, 7) is 5.75. The Morgan fingerprint density at radius 2 is 1.90 bits per heavy atom. The van der Waals surface area contributed by atoms with Crippen LogP contribution in [0.1, 0.15) is 27.2 Å².